The Labute approximate surface area is 168 Å². The lowest BCUT2D eigenvalue weighted by atomic mass is 9.95. The summed E-state index contributed by atoms with van der Waals surface area (Å²) < 4.78 is 8.64. The molecule has 4 rings (SSSR count). The number of aromatic nitrogens is 2. The number of para-hydroxylation sites is 1. The van der Waals surface area contributed by atoms with Crippen LogP contribution in [0.25, 0.3) is 17.8 Å². The Balaban J connectivity index is 1.72. The number of methoxy groups -OCH3 is 1. The van der Waals surface area contributed by atoms with Gasteiger partial charge in [0.25, 0.3) is 0 Å². The summed E-state index contributed by atoms with van der Waals surface area (Å²) in [5.41, 5.74) is 2.93. The van der Waals surface area contributed by atoms with E-state index in [1.54, 1.807) is 7.11 Å². The highest BCUT2D eigenvalue weighted by Gasteiger charge is 2.18. The van der Waals surface area contributed by atoms with Crippen LogP contribution in [-0.2, 0) is 0 Å². The van der Waals surface area contributed by atoms with Crippen LogP contribution >= 0.6 is 15.9 Å². The third-order valence-corrected chi connectivity index (χ3v) is 5.58. The monoisotopic (exact) mass is 425 g/mol. The summed E-state index contributed by atoms with van der Waals surface area (Å²) in [7, 11) is 1.70. The van der Waals surface area contributed by atoms with Crippen molar-refractivity contribution in [2.45, 2.75) is 38.1 Å². The van der Waals surface area contributed by atoms with Gasteiger partial charge in [0.15, 0.2) is 0 Å². The molecule has 0 atom stereocenters. The number of rotatable bonds is 5. The molecule has 1 saturated carbocycles. The second kappa shape index (κ2) is 8.17. The highest BCUT2D eigenvalue weighted by molar-refractivity contribution is 9.10. The van der Waals surface area contributed by atoms with Gasteiger partial charge in [0.2, 0.25) is 0 Å². The Morgan fingerprint density at radius 3 is 2.74 bits per heavy atom. The van der Waals surface area contributed by atoms with Crippen molar-refractivity contribution in [3.63, 3.8) is 0 Å². The molecule has 0 amide bonds. The van der Waals surface area contributed by atoms with E-state index in [1.807, 2.05) is 30.3 Å². The van der Waals surface area contributed by atoms with Gasteiger partial charge in [-0.05, 0) is 59.1 Å². The molecule has 0 saturated heterocycles. The van der Waals surface area contributed by atoms with Gasteiger partial charge in [-0.2, -0.15) is 0 Å². The minimum Gasteiger partial charge on any atom is -0.496 e. The second-order valence-electron chi connectivity index (χ2n) is 6.98. The van der Waals surface area contributed by atoms with E-state index >= 15 is 0 Å². The molecule has 2 heterocycles. The van der Waals surface area contributed by atoms with Crippen molar-refractivity contribution in [2.75, 3.05) is 12.4 Å². The van der Waals surface area contributed by atoms with E-state index in [9.17, 15) is 0 Å². The maximum Gasteiger partial charge on any atom is 0.139 e. The van der Waals surface area contributed by atoms with Crippen LogP contribution < -0.4 is 10.1 Å². The fourth-order valence-corrected chi connectivity index (χ4v) is 4.05. The van der Waals surface area contributed by atoms with Gasteiger partial charge in [-0.1, -0.05) is 37.5 Å². The fourth-order valence-electron chi connectivity index (χ4n) is 3.71. The van der Waals surface area contributed by atoms with Gasteiger partial charge in [-0.3, -0.25) is 4.40 Å². The van der Waals surface area contributed by atoms with Crippen LogP contribution in [0.1, 0.15) is 43.4 Å². The highest BCUT2D eigenvalue weighted by atomic mass is 79.9. The Bertz CT molecular complexity index is 957. The molecule has 2 aromatic heterocycles. The maximum atomic E-state index is 5.46. The van der Waals surface area contributed by atoms with Crippen molar-refractivity contribution in [3.8, 4) is 5.75 Å². The van der Waals surface area contributed by atoms with Crippen LogP contribution in [0.4, 0.5) is 5.82 Å². The van der Waals surface area contributed by atoms with E-state index < -0.39 is 0 Å². The standard InChI is InChI=1S/C22H24BrN3O/c1-27-20-10-6-5-7-16(20)11-13-19-22(24-18-8-3-2-4-9-18)26-15-17(23)12-14-21(26)25-19/h5-7,10-15,18,24H,2-4,8-9H2,1H3/b13-11+. The van der Waals surface area contributed by atoms with Crippen molar-refractivity contribution < 1.29 is 4.74 Å². The lowest BCUT2D eigenvalue weighted by Gasteiger charge is -2.23. The van der Waals surface area contributed by atoms with Crippen LogP contribution in [0.3, 0.4) is 0 Å². The number of fused-ring (bicyclic) bond motifs is 1. The number of nitrogens with zero attached hydrogens (tertiary/aromatic N) is 2. The average molecular weight is 426 g/mol. The molecule has 0 unspecified atom stereocenters. The lowest BCUT2D eigenvalue weighted by Crippen LogP contribution is -2.23. The van der Waals surface area contributed by atoms with E-state index in [0.29, 0.717) is 6.04 Å². The molecule has 140 valence electrons. The van der Waals surface area contributed by atoms with Crippen molar-refractivity contribution in [3.05, 3.63) is 58.3 Å². The highest BCUT2D eigenvalue weighted by Crippen LogP contribution is 2.28. The van der Waals surface area contributed by atoms with Gasteiger partial charge in [0.05, 0.1) is 7.11 Å². The third-order valence-electron chi connectivity index (χ3n) is 5.12. The van der Waals surface area contributed by atoms with Crippen molar-refractivity contribution in [1.82, 2.24) is 9.38 Å². The molecule has 0 bridgehead atoms. The summed E-state index contributed by atoms with van der Waals surface area (Å²) in [6, 6.07) is 12.6. The third kappa shape index (κ3) is 4.03. The van der Waals surface area contributed by atoms with Crippen LogP contribution in [0, 0.1) is 0 Å². The molecule has 4 nitrogen and oxygen atoms in total. The van der Waals surface area contributed by atoms with Gasteiger partial charge in [-0.25, -0.2) is 4.98 Å². The summed E-state index contributed by atoms with van der Waals surface area (Å²) in [4.78, 5) is 4.84. The molecule has 1 aliphatic rings. The van der Waals surface area contributed by atoms with Crippen LogP contribution in [0.2, 0.25) is 0 Å². The van der Waals surface area contributed by atoms with Gasteiger partial charge >= 0.3 is 0 Å². The lowest BCUT2D eigenvalue weighted by molar-refractivity contribution is 0.414. The normalized spacial score (nSPS) is 15.5. The number of nitrogens with one attached hydrogen (secondary N) is 1. The van der Waals surface area contributed by atoms with Gasteiger partial charge < -0.3 is 10.1 Å². The number of anilines is 1. The van der Waals surface area contributed by atoms with Gasteiger partial charge in [0, 0.05) is 22.3 Å². The summed E-state index contributed by atoms with van der Waals surface area (Å²) in [5, 5.41) is 3.76. The first kappa shape index (κ1) is 18.1. The Morgan fingerprint density at radius 1 is 1.11 bits per heavy atom. The Hall–Kier alpha value is -2.27. The summed E-state index contributed by atoms with van der Waals surface area (Å²) in [5.74, 6) is 1.92. The predicted octanol–water partition coefficient (Wildman–Crippen LogP) is 6.02. The van der Waals surface area contributed by atoms with E-state index in [4.69, 9.17) is 9.72 Å². The predicted molar refractivity (Wildman–Crippen MR) is 115 cm³/mol. The minimum absolute atomic E-state index is 0.510. The zero-order valence-corrected chi connectivity index (χ0v) is 17.1. The van der Waals surface area contributed by atoms with Crippen LogP contribution in [0.5, 0.6) is 5.75 Å². The SMILES string of the molecule is COc1ccccc1/C=C/c1nc2ccc(Br)cn2c1NC1CCCCC1. The first-order valence-corrected chi connectivity index (χ1v) is 10.3. The van der Waals surface area contributed by atoms with Gasteiger partial charge in [0.1, 0.15) is 22.9 Å². The molecule has 1 aliphatic carbocycles. The molecule has 0 radical (unpaired) electrons. The number of benzene rings is 1. The number of hydrogen-bond acceptors (Lipinski definition) is 3. The van der Waals surface area contributed by atoms with E-state index in [-0.39, 0.29) is 0 Å². The van der Waals surface area contributed by atoms with Crippen molar-refractivity contribution in [2.24, 2.45) is 0 Å². The second-order valence-corrected chi connectivity index (χ2v) is 7.89. The topological polar surface area (TPSA) is 38.6 Å². The number of halogens is 1. The van der Waals surface area contributed by atoms with Gasteiger partial charge in [-0.15, -0.1) is 0 Å². The molecular formula is C22H24BrN3O. The molecule has 1 aromatic carbocycles. The van der Waals surface area contributed by atoms with Crippen LogP contribution in [0.15, 0.2) is 47.1 Å². The largest absolute Gasteiger partial charge is 0.496 e. The van der Waals surface area contributed by atoms with E-state index in [1.165, 1.54) is 32.1 Å². The van der Waals surface area contributed by atoms with Crippen molar-refractivity contribution in [1.29, 1.82) is 0 Å². The molecule has 1 N–H and O–H groups in total. The first-order valence-electron chi connectivity index (χ1n) is 9.50. The molecule has 0 aliphatic heterocycles. The summed E-state index contributed by atoms with van der Waals surface area (Å²) >= 11 is 3.58. The number of pyridine rings is 1. The van der Waals surface area contributed by atoms with Crippen LogP contribution in [-0.4, -0.2) is 22.5 Å². The maximum absolute atomic E-state index is 5.46. The smallest absolute Gasteiger partial charge is 0.139 e. The summed E-state index contributed by atoms with van der Waals surface area (Å²) in [6.07, 6.45) is 12.6. The van der Waals surface area contributed by atoms with E-state index in [0.717, 1.165) is 32.9 Å². The molecule has 5 heteroatoms. The number of hydrogen-bond donors (Lipinski definition) is 1. The number of ether oxygens (including phenoxy) is 1. The molecule has 1 fully saturated rings. The molecule has 0 spiro atoms. The average Bonchev–Trinajstić information content (AvgIpc) is 3.04. The minimum atomic E-state index is 0.510. The molecule has 3 aromatic rings. The zero-order chi connectivity index (χ0) is 18.6. The Morgan fingerprint density at radius 2 is 1.93 bits per heavy atom. The number of imidazole rings is 1. The quantitative estimate of drug-likeness (QED) is 0.542. The van der Waals surface area contributed by atoms with Crippen molar-refractivity contribution >= 4 is 39.5 Å². The van der Waals surface area contributed by atoms with E-state index in [2.05, 4.69) is 50.1 Å². The fraction of sp³-hybridized carbons (Fsp3) is 0.318. The first-order chi connectivity index (χ1) is 13.2. The Kier molecular flexibility index (Phi) is 5.48. The summed E-state index contributed by atoms with van der Waals surface area (Å²) in [6.45, 7) is 0. The molecule has 27 heavy (non-hydrogen) atoms. The zero-order valence-electron chi connectivity index (χ0n) is 15.5. The molecular weight excluding hydrogens is 402 g/mol.